The summed E-state index contributed by atoms with van der Waals surface area (Å²) in [5.41, 5.74) is 6.95. The normalized spacial score (nSPS) is 17.3. The van der Waals surface area contributed by atoms with E-state index in [1.165, 1.54) is 10.9 Å². The lowest BCUT2D eigenvalue weighted by molar-refractivity contribution is -0.0775. The molecule has 2 heterocycles. The number of rotatable bonds is 9. The molecule has 0 radical (unpaired) electrons. The Morgan fingerprint density at radius 3 is 2.03 bits per heavy atom. The van der Waals surface area contributed by atoms with Gasteiger partial charge in [-0.15, -0.1) is 0 Å². The first kappa shape index (κ1) is 25.4. The molecule has 196 valence electrons. The predicted molar refractivity (Wildman–Crippen MR) is 142 cm³/mol. The molecule has 3 aromatic carbocycles. The van der Waals surface area contributed by atoms with E-state index in [-0.39, 0.29) is 18.7 Å². The molecule has 38 heavy (non-hydrogen) atoms. The van der Waals surface area contributed by atoms with Gasteiger partial charge in [0.1, 0.15) is 29.7 Å². The molecule has 0 bridgehead atoms. The van der Waals surface area contributed by atoms with E-state index in [0.717, 1.165) is 28.2 Å². The number of methoxy groups -OCH3 is 2. The highest BCUT2D eigenvalue weighted by molar-refractivity contribution is 5.49. The molecule has 0 amide bonds. The van der Waals surface area contributed by atoms with Crippen LogP contribution in [0.25, 0.3) is 0 Å². The van der Waals surface area contributed by atoms with Crippen LogP contribution in [0.4, 0.5) is 5.95 Å². The van der Waals surface area contributed by atoms with E-state index >= 15 is 0 Å². The lowest BCUT2D eigenvalue weighted by Gasteiger charge is -2.37. The van der Waals surface area contributed by atoms with Crippen molar-refractivity contribution < 1.29 is 18.9 Å². The summed E-state index contributed by atoms with van der Waals surface area (Å²) in [6, 6.07) is 25.8. The van der Waals surface area contributed by atoms with Crippen LogP contribution in [0.15, 0.2) is 90.0 Å². The fraction of sp³-hybridized carbons (Fsp3) is 0.276. The molecule has 1 aromatic heterocycles. The standard InChI is InChI=1S/C29H30N4O5/c1-35-23-12-8-21(9-13-23)29(20-6-4-3-5-7-20,22-10-14-24(36-2)15-11-22)37-18-25-16-17-26(38-25)33-19-31-27(30)32-28(33)34/h3-15,19,25-26H,16-18H2,1-2H3,(H2,30,32,34)/t25-,26+/m0/s1. The van der Waals surface area contributed by atoms with Crippen molar-refractivity contribution in [1.82, 2.24) is 14.5 Å². The van der Waals surface area contributed by atoms with Gasteiger partial charge < -0.3 is 24.7 Å². The van der Waals surface area contributed by atoms with Crippen molar-refractivity contribution in [2.45, 2.75) is 30.8 Å². The number of hydrogen-bond acceptors (Lipinski definition) is 8. The van der Waals surface area contributed by atoms with Gasteiger partial charge in [0, 0.05) is 0 Å². The average molecular weight is 515 g/mol. The lowest BCUT2D eigenvalue weighted by Crippen LogP contribution is -2.36. The van der Waals surface area contributed by atoms with E-state index in [4.69, 9.17) is 24.7 Å². The van der Waals surface area contributed by atoms with Gasteiger partial charge in [0.2, 0.25) is 5.95 Å². The predicted octanol–water partition coefficient (Wildman–Crippen LogP) is 3.92. The Bertz CT molecular complexity index is 1360. The van der Waals surface area contributed by atoms with Gasteiger partial charge in [-0.05, 0) is 53.8 Å². The van der Waals surface area contributed by atoms with E-state index in [1.807, 2.05) is 66.7 Å². The van der Waals surface area contributed by atoms with Crippen LogP contribution in [-0.4, -0.2) is 41.5 Å². The van der Waals surface area contributed by atoms with Gasteiger partial charge in [0.25, 0.3) is 0 Å². The summed E-state index contributed by atoms with van der Waals surface area (Å²) in [7, 11) is 3.29. The molecule has 9 nitrogen and oxygen atoms in total. The fourth-order valence-electron chi connectivity index (χ4n) is 4.86. The van der Waals surface area contributed by atoms with Crippen molar-refractivity contribution >= 4 is 5.95 Å². The Hall–Kier alpha value is -4.21. The lowest BCUT2D eigenvalue weighted by atomic mass is 9.80. The van der Waals surface area contributed by atoms with Crippen LogP contribution in [-0.2, 0) is 15.1 Å². The molecule has 2 N–H and O–H groups in total. The van der Waals surface area contributed by atoms with Crippen LogP contribution in [0, 0.1) is 0 Å². The first-order valence-corrected chi connectivity index (χ1v) is 12.4. The Labute approximate surface area is 220 Å². The second-order valence-electron chi connectivity index (χ2n) is 9.01. The van der Waals surface area contributed by atoms with Gasteiger partial charge in [-0.25, -0.2) is 9.78 Å². The monoisotopic (exact) mass is 514 g/mol. The molecule has 2 atom stereocenters. The zero-order valence-corrected chi connectivity index (χ0v) is 21.3. The fourth-order valence-corrected chi connectivity index (χ4v) is 4.86. The molecule has 1 saturated heterocycles. The number of hydrogen-bond donors (Lipinski definition) is 1. The van der Waals surface area contributed by atoms with E-state index in [9.17, 15) is 4.79 Å². The molecule has 4 aromatic rings. The topological polar surface area (TPSA) is 111 Å². The van der Waals surface area contributed by atoms with Crippen molar-refractivity contribution in [3.8, 4) is 11.5 Å². The minimum Gasteiger partial charge on any atom is -0.497 e. The summed E-state index contributed by atoms with van der Waals surface area (Å²) in [6.45, 7) is 0.286. The van der Waals surface area contributed by atoms with Crippen molar-refractivity contribution in [3.05, 3.63) is 112 Å². The molecule has 0 unspecified atom stereocenters. The number of nitrogen functional groups attached to an aromatic ring is 1. The maximum absolute atomic E-state index is 12.3. The summed E-state index contributed by atoms with van der Waals surface area (Å²) in [4.78, 5) is 20.0. The SMILES string of the molecule is COc1ccc(C(OC[C@@H]2CC[C@H](n3cnc(N)nc3=O)O2)(c2ccccc2)c2ccc(OC)cc2)cc1. The highest BCUT2D eigenvalue weighted by Crippen LogP contribution is 2.42. The molecule has 1 aliphatic rings. The maximum Gasteiger partial charge on any atom is 0.354 e. The number of nitrogens with two attached hydrogens (primary N) is 1. The zero-order valence-electron chi connectivity index (χ0n) is 21.3. The summed E-state index contributed by atoms with van der Waals surface area (Å²) < 4.78 is 25.3. The first-order chi connectivity index (χ1) is 18.5. The third kappa shape index (κ3) is 4.98. The Kier molecular flexibility index (Phi) is 7.39. The Balaban J connectivity index is 1.51. The number of ether oxygens (including phenoxy) is 4. The summed E-state index contributed by atoms with van der Waals surface area (Å²) in [5.74, 6) is 1.45. The average Bonchev–Trinajstić information content (AvgIpc) is 3.43. The van der Waals surface area contributed by atoms with Crippen molar-refractivity contribution in [2.75, 3.05) is 26.6 Å². The van der Waals surface area contributed by atoms with E-state index in [0.29, 0.717) is 12.8 Å². The minimum absolute atomic E-state index is 0.0595. The van der Waals surface area contributed by atoms with Crippen molar-refractivity contribution in [3.63, 3.8) is 0 Å². The summed E-state index contributed by atoms with van der Waals surface area (Å²) in [5, 5.41) is 0. The third-order valence-electron chi connectivity index (χ3n) is 6.80. The van der Waals surface area contributed by atoms with Gasteiger partial charge in [-0.3, -0.25) is 4.57 Å². The van der Waals surface area contributed by atoms with Crippen LogP contribution in [0.1, 0.15) is 35.8 Å². The van der Waals surface area contributed by atoms with Crippen LogP contribution in [0.2, 0.25) is 0 Å². The Morgan fingerprint density at radius 2 is 1.47 bits per heavy atom. The Morgan fingerprint density at radius 1 is 0.895 bits per heavy atom. The number of benzene rings is 3. The molecule has 9 heteroatoms. The molecule has 5 rings (SSSR count). The van der Waals surface area contributed by atoms with Gasteiger partial charge in [-0.1, -0.05) is 54.6 Å². The quantitative estimate of drug-likeness (QED) is 0.335. The third-order valence-corrected chi connectivity index (χ3v) is 6.80. The molecular weight excluding hydrogens is 484 g/mol. The van der Waals surface area contributed by atoms with Gasteiger partial charge in [0.05, 0.1) is 26.9 Å². The van der Waals surface area contributed by atoms with Crippen LogP contribution in [0.3, 0.4) is 0 Å². The van der Waals surface area contributed by atoms with Crippen LogP contribution < -0.4 is 20.9 Å². The highest BCUT2D eigenvalue weighted by Gasteiger charge is 2.39. The smallest absolute Gasteiger partial charge is 0.354 e. The highest BCUT2D eigenvalue weighted by atomic mass is 16.6. The first-order valence-electron chi connectivity index (χ1n) is 12.4. The molecular formula is C29H30N4O5. The zero-order chi connectivity index (χ0) is 26.5. The molecule has 0 aliphatic carbocycles. The second kappa shape index (κ2) is 11.0. The van der Waals surface area contributed by atoms with Crippen LogP contribution in [0.5, 0.6) is 11.5 Å². The number of nitrogens with zero attached hydrogens (tertiary/aromatic N) is 3. The van der Waals surface area contributed by atoms with Crippen molar-refractivity contribution in [2.24, 2.45) is 0 Å². The van der Waals surface area contributed by atoms with Crippen molar-refractivity contribution in [1.29, 1.82) is 0 Å². The second-order valence-corrected chi connectivity index (χ2v) is 9.01. The summed E-state index contributed by atoms with van der Waals surface area (Å²) >= 11 is 0. The van der Waals surface area contributed by atoms with Gasteiger partial charge >= 0.3 is 5.69 Å². The molecule has 0 spiro atoms. The van der Waals surface area contributed by atoms with E-state index in [1.54, 1.807) is 14.2 Å². The van der Waals surface area contributed by atoms with E-state index in [2.05, 4.69) is 22.1 Å². The van der Waals surface area contributed by atoms with E-state index < -0.39 is 17.5 Å². The molecule has 1 aliphatic heterocycles. The maximum atomic E-state index is 12.3. The summed E-state index contributed by atoms with van der Waals surface area (Å²) in [6.07, 6.45) is 1.98. The molecule has 1 fully saturated rings. The van der Waals surface area contributed by atoms with Gasteiger partial charge in [0.15, 0.2) is 0 Å². The number of anilines is 1. The van der Waals surface area contributed by atoms with Crippen LogP contribution >= 0.6 is 0 Å². The molecule has 0 saturated carbocycles. The largest absolute Gasteiger partial charge is 0.497 e. The minimum atomic E-state index is -0.942. The number of aromatic nitrogens is 3. The van der Waals surface area contributed by atoms with Gasteiger partial charge in [-0.2, -0.15) is 4.98 Å².